The molecule has 32 heavy (non-hydrogen) atoms. The number of pyridine rings is 1. The van der Waals surface area contributed by atoms with Gasteiger partial charge in [0.25, 0.3) is 0 Å². The zero-order chi connectivity index (χ0) is 22.9. The van der Waals surface area contributed by atoms with Crippen LogP contribution in [-0.2, 0) is 24.8 Å². The quantitative estimate of drug-likeness (QED) is 0.414. The lowest BCUT2D eigenvalue weighted by molar-refractivity contribution is 0.290. The van der Waals surface area contributed by atoms with Crippen molar-refractivity contribution in [2.45, 2.75) is 50.6 Å². The third-order valence-electron chi connectivity index (χ3n) is 5.41. The van der Waals surface area contributed by atoms with E-state index in [0.717, 1.165) is 33.5 Å². The highest BCUT2D eigenvalue weighted by atomic mass is 32.2. The first-order valence-corrected chi connectivity index (χ1v) is 11.6. The Balaban J connectivity index is 1.40. The van der Waals surface area contributed by atoms with Crippen molar-refractivity contribution in [1.29, 1.82) is 0 Å². The van der Waals surface area contributed by atoms with Gasteiger partial charge in [-0.25, -0.2) is 0 Å². The molecule has 7 heteroatoms. The molecule has 0 saturated carbocycles. The van der Waals surface area contributed by atoms with E-state index in [0.29, 0.717) is 17.7 Å². The molecule has 0 aliphatic heterocycles. The standard InChI is InChI=1S/C25H28N4O2S/c1-16-6-11-21-20(12-16)22(30)13-18(26-21)15-32-24-28-27-23(29(24)5)14-31-19-9-7-17(8-10-19)25(2,3)4/h6-13H,14-15H2,1-5H3,(H,26,30). The van der Waals surface area contributed by atoms with Gasteiger partial charge in [-0.15, -0.1) is 10.2 Å². The minimum Gasteiger partial charge on any atom is -0.486 e. The molecule has 166 valence electrons. The van der Waals surface area contributed by atoms with Gasteiger partial charge in [-0.2, -0.15) is 0 Å². The van der Waals surface area contributed by atoms with E-state index < -0.39 is 0 Å². The van der Waals surface area contributed by atoms with Gasteiger partial charge in [0.05, 0.1) is 0 Å². The van der Waals surface area contributed by atoms with Crippen LogP contribution in [0.15, 0.2) is 58.5 Å². The molecule has 4 aromatic rings. The fourth-order valence-electron chi connectivity index (χ4n) is 3.43. The molecule has 0 amide bonds. The summed E-state index contributed by atoms with van der Waals surface area (Å²) >= 11 is 1.53. The number of hydrogen-bond donors (Lipinski definition) is 1. The zero-order valence-corrected chi connectivity index (χ0v) is 19.9. The van der Waals surface area contributed by atoms with Gasteiger partial charge in [0, 0.05) is 35.5 Å². The monoisotopic (exact) mass is 448 g/mol. The largest absolute Gasteiger partial charge is 0.486 e. The molecular formula is C25H28N4O2S. The summed E-state index contributed by atoms with van der Waals surface area (Å²) in [4.78, 5) is 15.8. The molecule has 0 atom stereocenters. The molecular weight excluding hydrogens is 420 g/mol. The number of nitrogens with one attached hydrogen (secondary N) is 1. The van der Waals surface area contributed by atoms with Crippen LogP contribution in [-0.4, -0.2) is 19.7 Å². The topological polar surface area (TPSA) is 72.8 Å². The van der Waals surface area contributed by atoms with Crippen molar-refractivity contribution in [3.63, 3.8) is 0 Å². The molecule has 2 aromatic heterocycles. The Morgan fingerprint density at radius 1 is 1.06 bits per heavy atom. The number of H-pyrrole nitrogens is 1. The van der Waals surface area contributed by atoms with E-state index in [1.807, 2.05) is 48.9 Å². The van der Waals surface area contributed by atoms with Crippen LogP contribution in [0, 0.1) is 6.92 Å². The maximum atomic E-state index is 12.5. The molecule has 1 N–H and O–H groups in total. The van der Waals surface area contributed by atoms with E-state index in [1.165, 1.54) is 17.3 Å². The second-order valence-electron chi connectivity index (χ2n) is 9.02. The minimum atomic E-state index is 0.0302. The highest BCUT2D eigenvalue weighted by molar-refractivity contribution is 7.98. The van der Waals surface area contributed by atoms with E-state index in [9.17, 15) is 4.79 Å². The highest BCUT2D eigenvalue weighted by Gasteiger charge is 2.14. The van der Waals surface area contributed by atoms with Gasteiger partial charge in [0.2, 0.25) is 0 Å². The molecule has 4 rings (SSSR count). The second kappa shape index (κ2) is 8.82. The van der Waals surface area contributed by atoms with Gasteiger partial charge < -0.3 is 14.3 Å². The molecule has 6 nitrogen and oxygen atoms in total. The predicted molar refractivity (Wildman–Crippen MR) is 129 cm³/mol. The van der Waals surface area contributed by atoms with Gasteiger partial charge in [-0.05, 0) is 42.2 Å². The maximum Gasteiger partial charge on any atom is 0.191 e. The second-order valence-corrected chi connectivity index (χ2v) is 9.96. The van der Waals surface area contributed by atoms with Crippen molar-refractivity contribution in [1.82, 2.24) is 19.7 Å². The maximum absolute atomic E-state index is 12.5. The average Bonchev–Trinajstić information content (AvgIpc) is 3.10. The van der Waals surface area contributed by atoms with Crippen LogP contribution in [0.5, 0.6) is 5.75 Å². The van der Waals surface area contributed by atoms with Gasteiger partial charge in [-0.1, -0.05) is 56.3 Å². The Morgan fingerprint density at radius 3 is 2.53 bits per heavy atom. The first-order chi connectivity index (χ1) is 15.2. The van der Waals surface area contributed by atoms with E-state index in [4.69, 9.17) is 4.74 Å². The third-order valence-corrected chi connectivity index (χ3v) is 6.48. The number of nitrogens with zero attached hydrogens (tertiary/aromatic N) is 3. The Morgan fingerprint density at radius 2 is 1.81 bits per heavy atom. The van der Waals surface area contributed by atoms with Crippen molar-refractivity contribution in [3.8, 4) is 5.75 Å². The van der Waals surface area contributed by atoms with E-state index >= 15 is 0 Å². The summed E-state index contributed by atoms with van der Waals surface area (Å²) in [7, 11) is 1.93. The molecule has 2 aromatic carbocycles. The van der Waals surface area contributed by atoms with Crippen molar-refractivity contribution in [2.75, 3.05) is 0 Å². The lowest BCUT2D eigenvalue weighted by Gasteiger charge is -2.19. The SMILES string of the molecule is Cc1ccc2[nH]c(CSc3nnc(COc4ccc(C(C)(C)C)cc4)n3C)cc(=O)c2c1. The molecule has 0 saturated heterocycles. The molecule has 0 bridgehead atoms. The van der Waals surface area contributed by atoms with Crippen LogP contribution in [0.4, 0.5) is 0 Å². The van der Waals surface area contributed by atoms with Gasteiger partial charge >= 0.3 is 0 Å². The predicted octanol–water partition coefficient (Wildman–Crippen LogP) is 5.13. The number of aryl methyl sites for hydroxylation is 1. The Kier molecular flexibility index (Phi) is 6.11. The fourth-order valence-corrected chi connectivity index (χ4v) is 4.27. The number of aromatic nitrogens is 4. The minimum absolute atomic E-state index is 0.0302. The number of aromatic amines is 1. The number of rotatable bonds is 6. The van der Waals surface area contributed by atoms with Crippen LogP contribution < -0.4 is 10.2 Å². The van der Waals surface area contributed by atoms with Crippen LogP contribution >= 0.6 is 11.8 Å². The number of benzene rings is 2. The first-order valence-electron chi connectivity index (χ1n) is 10.6. The van der Waals surface area contributed by atoms with Gasteiger partial charge in [0.1, 0.15) is 12.4 Å². The van der Waals surface area contributed by atoms with Crippen molar-refractivity contribution in [3.05, 3.63) is 81.4 Å². The summed E-state index contributed by atoms with van der Waals surface area (Å²) in [6.07, 6.45) is 0. The van der Waals surface area contributed by atoms with E-state index in [2.05, 4.69) is 48.1 Å². The summed E-state index contributed by atoms with van der Waals surface area (Å²) in [6.45, 7) is 8.90. The molecule has 0 unspecified atom stereocenters. The van der Waals surface area contributed by atoms with Gasteiger partial charge in [-0.3, -0.25) is 4.79 Å². The summed E-state index contributed by atoms with van der Waals surface area (Å²) in [5, 5.41) is 10.1. The van der Waals surface area contributed by atoms with Crippen molar-refractivity contribution < 1.29 is 4.74 Å². The third kappa shape index (κ3) is 4.88. The smallest absolute Gasteiger partial charge is 0.191 e. The Bertz CT molecular complexity index is 1300. The van der Waals surface area contributed by atoms with Crippen LogP contribution in [0.25, 0.3) is 10.9 Å². The average molecular weight is 449 g/mol. The lowest BCUT2D eigenvalue weighted by Crippen LogP contribution is -2.10. The summed E-state index contributed by atoms with van der Waals surface area (Å²) < 4.78 is 7.84. The summed E-state index contributed by atoms with van der Waals surface area (Å²) in [6, 6.07) is 15.7. The lowest BCUT2D eigenvalue weighted by atomic mass is 9.87. The van der Waals surface area contributed by atoms with Gasteiger partial charge in [0.15, 0.2) is 16.4 Å². The zero-order valence-electron chi connectivity index (χ0n) is 19.1. The Hall–Kier alpha value is -3.06. The fraction of sp³-hybridized carbons (Fsp3) is 0.320. The van der Waals surface area contributed by atoms with E-state index in [-0.39, 0.29) is 10.8 Å². The summed E-state index contributed by atoms with van der Waals surface area (Å²) in [5.74, 6) is 2.15. The highest BCUT2D eigenvalue weighted by Crippen LogP contribution is 2.25. The molecule has 0 aliphatic rings. The van der Waals surface area contributed by atoms with Crippen LogP contribution in [0.1, 0.15) is 43.4 Å². The van der Waals surface area contributed by atoms with Crippen molar-refractivity contribution in [2.24, 2.45) is 7.05 Å². The number of thioether (sulfide) groups is 1. The Labute approximate surface area is 192 Å². The van der Waals surface area contributed by atoms with Crippen LogP contribution in [0.2, 0.25) is 0 Å². The van der Waals surface area contributed by atoms with Crippen LogP contribution in [0.3, 0.4) is 0 Å². The summed E-state index contributed by atoms with van der Waals surface area (Å²) in [5.41, 5.74) is 4.19. The molecule has 0 aliphatic carbocycles. The molecule has 0 spiro atoms. The molecule has 2 heterocycles. The number of ether oxygens (including phenoxy) is 1. The van der Waals surface area contributed by atoms with E-state index in [1.54, 1.807) is 6.07 Å². The number of hydrogen-bond acceptors (Lipinski definition) is 5. The molecule has 0 fully saturated rings. The number of fused-ring (bicyclic) bond motifs is 1. The van der Waals surface area contributed by atoms with Crippen molar-refractivity contribution >= 4 is 22.7 Å². The first kappa shape index (κ1) is 22.1. The molecule has 0 radical (unpaired) electrons. The normalized spacial score (nSPS) is 11.8.